The molecule has 2 aromatic rings. The van der Waals surface area contributed by atoms with Crippen molar-refractivity contribution >= 4 is 23.5 Å². The fraction of sp³-hybridized carbons (Fsp3) is 0.438. The Labute approximate surface area is 144 Å². The van der Waals surface area contributed by atoms with Crippen LogP contribution in [-0.4, -0.2) is 33.8 Å². The lowest BCUT2D eigenvalue weighted by atomic mass is 9.98. The molecule has 0 bridgehead atoms. The summed E-state index contributed by atoms with van der Waals surface area (Å²) in [6.45, 7) is 1.90. The molecule has 2 heterocycles. The standard InChI is InChI=1S/C16H19ClFN5O/c1-23-16(21-15(22-23)10-4-6-19-7-5-10)20-14(24)8-11-2-3-12(18)9-13(11)17/h2-3,9-10,19H,4-8H2,1H3,(H,20,21,22,24). The van der Waals surface area contributed by atoms with E-state index in [0.29, 0.717) is 17.4 Å². The Morgan fingerprint density at radius 3 is 2.92 bits per heavy atom. The zero-order chi connectivity index (χ0) is 17.1. The van der Waals surface area contributed by atoms with E-state index in [9.17, 15) is 9.18 Å². The van der Waals surface area contributed by atoms with E-state index in [-0.39, 0.29) is 17.4 Å². The molecular weight excluding hydrogens is 333 g/mol. The molecule has 1 aliphatic heterocycles. The van der Waals surface area contributed by atoms with Gasteiger partial charge in [-0.1, -0.05) is 17.7 Å². The number of nitrogens with zero attached hydrogens (tertiary/aromatic N) is 3. The maximum atomic E-state index is 13.1. The molecule has 0 saturated carbocycles. The molecule has 0 radical (unpaired) electrons. The van der Waals surface area contributed by atoms with Gasteiger partial charge in [-0.3, -0.25) is 10.1 Å². The Hall–Kier alpha value is -1.99. The number of hydrogen-bond acceptors (Lipinski definition) is 4. The van der Waals surface area contributed by atoms with Gasteiger partial charge in [0.05, 0.1) is 6.42 Å². The van der Waals surface area contributed by atoms with Gasteiger partial charge in [0.25, 0.3) is 0 Å². The number of piperidine rings is 1. The molecule has 1 saturated heterocycles. The number of amides is 1. The first-order valence-electron chi connectivity index (χ1n) is 7.88. The number of nitrogens with one attached hydrogen (secondary N) is 2. The molecule has 1 fully saturated rings. The third-order valence-corrected chi connectivity index (χ3v) is 4.45. The predicted octanol–water partition coefficient (Wildman–Crippen LogP) is 2.26. The summed E-state index contributed by atoms with van der Waals surface area (Å²) >= 11 is 5.95. The van der Waals surface area contributed by atoms with E-state index in [0.717, 1.165) is 31.8 Å². The second-order valence-electron chi connectivity index (χ2n) is 5.90. The molecule has 1 aromatic carbocycles. The fourth-order valence-electron chi connectivity index (χ4n) is 2.77. The van der Waals surface area contributed by atoms with Gasteiger partial charge in [0.2, 0.25) is 11.9 Å². The first kappa shape index (κ1) is 16.9. The molecular formula is C16H19ClFN5O. The molecule has 3 rings (SSSR count). The van der Waals surface area contributed by atoms with Crippen molar-refractivity contribution in [3.05, 3.63) is 40.4 Å². The van der Waals surface area contributed by atoms with Crippen molar-refractivity contribution < 1.29 is 9.18 Å². The fourth-order valence-corrected chi connectivity index (χ4v) is 3.01. The van der Waals surface area contributed by atoms with Gasteiger partial charge >= 0.3 is 0 Å². The van der Waals surface area contributed by atoms with E-state index < -0.39 is 5.82 Å². The van der Waals surface area contributed by atoms with Crippen LogP contribution in [0.2, 0.25) is 5.02 Å². The molecule has 0 atom stereocenters. The van der Waals surface area contributed by atoms with Crippen LogP contribution in [0.5, 0.6) is 0 Å². The minimum atomic E-state index is -0.427. The van der Waals surface area contributed by atoms with E-state index >= 15 is 0 Å². The van der Waals surface area contributed by atoms with Crippen LogP contribution in [0.15, 0.2) is 18.2 Å². The minimum Gasteiger partial charge on any atom is -0.317 e. The van der Waals surface area contributed by atoms with Gasteiger partial charge in [-0.25, -0.2) is 9.07 Å². The maximum absolute atomic E-state index is 13.1. The maximum Gasteiger partial charge on any atom is 0.231 e. The lowest BCUT2D eigenvalue weighted by molar-refractivity contribution is -0.115. The monoisotopic (exact) mass is 351 g/mol. The van der Waals surface area contributed by atoms with Crippen molar-refractivity contribution in [3.63, 3.8) is 0 Å². The lowest BCUT2D eigenvalue weighted by Crippen LogP contribution is -2.27. The van der Waals surface area contributed by atoms with Gasteiger partial charge in [0, 0.05) is 18.0 Å². The lowest BCUT2D eigenvalue weighted by Gasteiger charge is -2.19. The normalized spacial score (nSPS) is 15.5. The number of aromatic nitrogens is 3. The molecule has 0 spiro atoms. The number of rotatable bonds is 4. The first-order valence-corrected chi connectivity index (χ1v) is 8.26. The average Bonchev–Trinajstić information content (AvgIpc) is 2.92. The molecule has 0 unspecified atom stereocenters. The van der Waals surface area contributed by atoms with Crippen LogP contribution in [0.25, 0.3) is 0 Å². The largest absolute Gasteiger partial charge is 0.317 e. The van der Waals surface area contributed by atoms with Crippen LogP contribution in [0.3, 0.4) is 0 Å². The predicted molar refractivity (Wildman–Crippen MR) is 89.6 cm³/mol. The highest BCUT2D eigenvalue weighted by atomic mass is 35.5. The SMILES string of the molecule is Cn1nc(C2CCNCC2)nc1NC(=O)Cc1ccc(F)cc1Cl. The molecule has 0 aliphatic carbocycles. The zero-order valence-corrected chi connectivity index (χ0v) is 14.1. The Morgan fingerprint density at radius 1 is 1.46 bits per heavy atom. The summed E-state index contributed by atoms with van der Waals surface area (Å²) < 4.78 is 14.6. The molecule has 1 aromatic heterocycles. The minimum absolute atomic E-state index is 0.0503. The second kappa shape index (κ2) is 7.27. The van der Waals surface area contributed by atoms with E-state index in [1.54, 1.807) is 11.7 Å². The number of hydrogen-bond donors (Lipinski definition) is 2. The van der Waals surface area contributed by atoms with Crippen molar-refractivity contribution in [2.24, 2.45) is 7.05 Å². The van der Waals surface area contributed by atoms with Crippen molar-refractivity contribution in [3.8, 4) is 0 Å². The van der Waals surface area contributed by atoms with Crippen molar-refractivity contribution in [1.29, 1.82) is 0 Å². The van der Waals surface area contributed by atoms with Crippen LogP contribution in [-0.2, 0) is 18.3 Å². The highest BCUT2D eigenvalue weighted by Crippen LogP contribution is 2.23. The number of aryl methyl sites for hydroxylation is 1. The van der Waals surface area contributed by atoms with Crippen molar-refractivity contribution in [2.45, 2.75) is 25.2 Å². The van der Waals surface area contributed by atoms with Crippen molar-refractivity contribution in [1.82, 2.24) is 20.1 Å². The summed E-state index contributed by atoms with van der Waals surface area (Å²) in [5.41, 5.74) is 0.566. The van der Waals surface area contributed by atoms with Crippen LogP contribution in [0.1, 0.15) is 30.1 Å². The number of carbonyl (C=O) groups excluding carboxylic acids is 1. The number of halogens is 2. The molecule has 2 N–H and O–H groups in total. The Kier molecular flexibility index (Phi) is 5.11. The molecule has 8 heteroatoms. The van der Waals surface area contributed by atoms with Gasteiger partial charge in [-0.05, 0) is 43.6 Å². The highest BCUT2D eigenvalue weighted by Gasteiger charge is 2.21. The van der Waals surface area contributed by atoms with Crippen molar-refractivity contribution in [2.75, 3.05) is 18.4 Å². The van der Waals surface area contributed by atoms with Crippen LogP contribution >= 0.6 is 11.6 Å². The Balaban J connectivity index is 1.66. The van der Waals surface area contributed by atoms with Gasteiger partial charge in [-0.15, -0.1) is 0 Å². The van der Waals surface area contributed by atoms with E-state index in [4.69, 9.17) is 11.6 Å². The summed E-state index contributed by atoms with van der Waals surface area (Å²) in [6, 6.07) is 3.99. The van der Waals surface area contributed by atoms with Gasteiger partial charge in [0.1, 0.15) is 5.82 Å². The van der Waals surface area contributed by atoms with Gasteiger partial charge in [-0.2, -0.15) is 10.1 Å². The van der Waals surface area contributed by atoms with Crippen LogP contribution < -0.4 is 10.6 Å². The molecule has 128 valence electrons. The van der Waals surface area contributed by atoms with Gasteiger partial charge < -0.3 is 5.32 Å². The topological polar surface area (TPSA) is 71.8 Å². The number of anilines is 1. The Bertz CT molecular complexity index is 742. The quantitative estimate of drug-likeness (QED) is 0.886. The summed E-state index contributed by atoms with van der Waals surface area (Å²) in [4.78, 5) is 16.7. The highest BCUT2D eigenvalue weighted by molar-refractivity contribution is 6.31. The van der Waals surface area contributed by atoms with E-state index in [2.05, 4.69) is 20.7 Å². The Morgan fingerprint density at radius 2 is 2.21 bits per heavy atom. The van der Waals surface area contributed by atoms with Gasteiger partial charge in [0.15, 0.2) is 5.82 Å². The molecule has 6 nitrogen and oxygen atoms in total. The third kappa shape index (κ3) is 3.91. The average molecular weight is 352 g/mol. The summed E-state index contributed by atoms with van der Waals surface area (Å²) in [7, 11) is 1.75. The first-order chi connectivity index (χ1) is 11.5. The smallest absolute Gasteiger partial charge is 0.231 e. The number of carbonyl (C=O) groups is 1. The number of benzene rings is 1. The molecule has 1 amide bonds. The summed E-state index contributed by atoms with van der Waals surface area (Å²) in [5.74, 6) is 0.787. The third-order valence-electron chi connectivity index (χ3n) is 4.10. The molecule has 1 aliphatic rings. The van der Waals surface area contributed by atoms with Crippen LogP contribution in [0, 0.1) is 5.82 Å². The van der Waals surface area contributed by atoms with E-state index in [1.807, 2.05) is 0 Å². The second-order valence-corrected chi connectivity index (χ2v) is 6.31. The van der Waals surface area contributed by atoms with Crippen LogP contribution in [0.4, 0.5) is 10.3 Å². The zero-order valence-electron chi connectivity index (χ0n) is 13.4. The summed E-state index contributed by atoms with van der Waals surface area (Å²) in [6.07, 6.45) is 2.03. The summed E-state index contributed by atoms with van der Waals surface area (Å²) in [5, 5.41) is 10.7. The van der Waals surface area contributed by atoms with E-state index in [1.165, 1.54) is 18.2 Å². The molecule has 24 heavy (non-hydrogen) atoms.